The van der Waals surface area contributed by atoms with Crippen LogP contribution >= 0.6 is 0 Å². The molecule has 2 aliphatic heterocycles. The predicted molar refractivity (Wildman–Crippen MR) is 101 cm³/mol. The van der Waals surface area contributed by atoms with E-state index in [1.807, 2.05) is 0 Å². The first-order valence-electron chi connectivity index (χ1n) is 10.1. The number of aliphatic imine (C=N–C) groups is 1. The standard InChI is InChI=1S/C19H35N3O4/c1-3-20-19(21-11-7-5-4-6-10-18(23)24-2)22-12-14-26-17(15-22)16-9-8-13-25-16/h16-17H,3-15H2,1-2H3,(H,20,21). The van der Waals surface area contributed by atoms with E-state index in [0.717, 1.165) is 83.9 Å². The van der Waals surface area contributed by atoms with Gasteiger partial charge in [-0.2, -0.15) is 0 Å². The van der Waals surface area contributed by atoms with Crippen molar-refractivity contribution in [2.24, 2.45) is 4.99 Å². The smallest absolute Gasteiger partial charge is 0.305 e. The van der Waals surface area contributed by atoms with Crippen molar-refractivity contribution in [3.8, 4) is 0 Å². The van der Waals surface area contributed by atoms with Crippen molar-refractivity contribution in [1.29, 1.82) is 0 Å². The van der Waals surface area contributed by atoms with Crippen molar-refractivity contribution in [1.82, 2.24) is 10.2 Å². The molecule has 7 nitrogen and oxygen atoms in total. The van der Waals surface area contributed by atoms with Crippen LogP contribution < -0.4 is 5.32 Å². The number of rotatable bonds is 9. The van der Waals surface area contributed by atoms with Crippen molar-refractivity contribution in [2.45, 2.75) is 64.1 Å². The highest BCUT2D eigenvalue weighted by Crippen LogP contribution is 2.21. The summed E-state index contributed by atoms with van der Waals surface area (Å²) in [6.45, 7) is 7.06. The van der Waals surface area contributed by atoms with Gasteiger partial charge >= 0.3 is 5.97 Å². The lowest BCUT2D eigenvalue weighted by Crippen LogP contribution is -2.53. The number of nitrogens with zero attached hydrogens (tertiary/aromatic N) is 2. The number of ether oxygens (including phenoxy) is 3. The van der Waals surface area contributed by atoms with E-state index in [2.05, 4.69) is 21.9 Å². The summed E-state index contributed by atoms with van der Waals surface area (Å²) in [4.78, 5) is 18.2. The van der Waals surface area contributed by atoms with Crippen LogP contribution in [0.3, 0.4) is 0 Å². The van der Waals surface area contributed by atoms with Crippen molar-refractivity contribution in [2.75, 3.05) is 46.5 Å². The Hall–Kier alpha value is -1.34. The lowest BCUT2D eigenvalue weighted by molar-refractivity contribution is -0.140. The summed E-state index contributed by atoms with van der Waals surface area (Å²) < 4.78 is 16.4. The highest BCUT2D eigenvalue weighted by Gasteiger charge is 2.32. The molecule has 0 amide bonds. The maximum Gasteiger partial charge on any atom is 0.305 e. The van der Waals surface area contributed by atoms with Gasteiger partial charge in [0.1, 0.15) is 6.10 Å². The molecule has 0 radical (unpaired) electrons. The van der Waals surface area contributed by atoms with Crippen molar-refractivity contribution >= 4 is 11.9 Å². The lowest BCUT2D eigenvalue weighted by Gasteiger charge is -2.37. The summed E-state index contributed by atoms with van der Waals surface area (Å²) in [6.07, 6.45) is 7.18. The predicted octanol–water partition coefficient (Wildman–Crippen LogP) is 1.96. The number of nitrogens with one attached hydrogen (secondary N) is 1. The minimum absolute atomic E-state index is 0.120. The van der Waals surface area contributed by atoms with Crippen LogP contribution in [-0.2, 0) is 19.0 Å². The number of hydrogen-bond acceptors (Lipinski definition) is 5. The van der Waals surface area contributed by atoms with Crippen LogP contribution in [0.2, 0.25) is 0 Å². The number of carbonyl (C=O) groups is 1. The van der Waals surface area contributed by atoms with Gasteiger partial charge < -0.3 is 24.4 Å². The van der Waals surface area contributed by atoms with Crippen molar-refractivity contribution in [3.05, 3.63) is 0 Å². The molecule has 0 aromatic carbocycles. The van der Waals surface area contributed by atoms with Crippen LogP contribution in [0.15, 0.2) is 4.99 Å². The Balaban J connectivity index is 1.72. The topological polar surface area (TPSA) is 72.4 Å². The van der Waals surface area contributed by atoms with E-state index < -0.39 is 0 Å². The molecule has 0 aliphatic carbocycles. The fourth-order valence-electron chi connectivity index (χ4n) is 3.44. The van der Waals surface area contributed by atoms with E-state index in [1.165, 1.54) is 7.11 Å². The maximum absolute atomic E-state index is 11.1. The Labute approximate surface area is 157 Å². The molecule has 1 N–H and O–H groups in total. The second-order valence-corrected chi connectivity index (χ2v) is 6.88. The molecule has 150 valence electrons. The highest BCUT2D eigenvalue weighted by atomic mass is 16.5. The number of morpholine rings is 1. The molecule has 2 heterocycles. The van der Waals surface area contributed by atoms with E-state index in [-0.39, 0.29) is 18.2 Å². The zero-order valence-corrected chi connectivity index (χ0v) is 16.4. The molecule has 0 aromatic heterocycles. The zero-order valence-electron chi connectivity index (χ0n) is 16.4. The Morgan fingerprint density at radius 3 is 2.73 bits per heavy atom. The quantitative estimate of drug-likeness (QED) is 0.290. The summed E-state index contributed by atoms with van der Waals surface area (Å²) in [7, 11) is 1.44. The van der Waals surface area contributed by atoms with E-state index >= 15 is 0 Å². The van der Waals surface area contributed by atoms with E-state index in [1.54, 1.807) is 0 Å². The van der Waals surface area contributed by atoms with Gasteiger partial charge in [-0.1, -0.05) is 12.8 Å². The Bertz CT molecular complexity index is 439. The molecule has 0 aromatic rings. The summed E-state index contributed by atoms with van der Waals surface area (Å²) in [5.41, 5.74) is 0. The summed E-state index contributed by atoms with van der Waals surface area (Å²) >= 11 is 0. The van der Waals surface area contributed by atoms with E-state index in [9.17, 15) is 4.79 Å². The molecule has 0 bridgehead atoms. The summed E-state index contributed by atoms with van der Waals surface area (Å²) in [6, 6.07) is 0. The molecular weight excluding hydrogens is 334 g/mol. The minimum Gasteiger partial charge on any atom is -0.469 e. The van der Waals surface area contributed by atoms with Crippen molar-refractivity contribution < 1.29 is 19.0 Å². The normalized spacial score (nSPS) is 23.9. The molecule has 26 heavy (non-hydrogen) atoms. The van der Waals surface area contributed by atoms with Gasteiger partial charge in [-0.15, -0.1) is 0 Å². The minimum atomic E-state index is -0.120. The Kier molecular flexibility index (Phi) is 9.77. The third kappa shape index (κ3) is 7.11. The van der Waals surface area contributed by atoms with Gasteiger partial charge in [0, 0.05) is 39.2 Å². The Morgan fingerprint density at radius 2 is 2.00 bits per heavy atom. The third-order valence-corrected chi connectivity index (χ3v) is 4.89. The fraction of sp³-hybridized carbons (Fsp3) is 0.895. The van der Waals surface area contributed by atoms with Gasteiger partial charge in [-0.25, -0.2) is 0 Å². The Morgan fingerprint density at radius 1 is 1.19 bits per heavy atom. The lowest BCUT2D eigenvalue weighted by atomic mass is 10.1. The van der Waals surface area contributed by atoms with Gasteiger partial charge in [0.05, 0.1) is 19.8 Å². The van der Waals surface area contributed by atoms with Gasteiger partial charge in [-0.3, -0.25) is 9.79 Å². The molecule has 0 saturated carbocycles. The third-order valence-electron chi connectivity index (χ3n) is 4.89. The van der Waals surface area contributed by atoms with Gasteiger partial charge in [0.15, 0.2) is 5.96 Å². The zero-order chi connectivity index (χ0) is 18.6. The largest absolute Gasteiger partial charge is 0.469 e. The van der Waals surface area contributed by atoms with Crippen LogP contribution in [0, 0.1) is 0 Å². The van der Waals surface area contributed by atoms with Crippen LogP contribution in [0.4, 0.5) is 0 Å². The fourth-order valence-corrected chi connectivity index (χ4v) is 3.44. The van der Waals surface area contributed by atoms with Crippen LogP contribution in [0.25, 0.3) is 0 Å². The number of carbonyl (C=O) groups excluding carboxylic acids is 1. The molecule has 2 atom stereocenters. The SMILES string of the molecule is CCNC(=NCCCCCCC(=O)OC)N1CCOC(C2CCCO2)C1. The molecule has 2 saturated heterocycles. The van der Waals surface area contributed by atoms with E-state index in [4.69, 9.17) is 14.5 Å². The molecule has 2 rings (SSSR count). The number of esters is 1. The number of guanidine groups is 1. The van der Waals surface area contributed by atoms with Gasteiger partial charge in [-0.05, 0) is 32.6 Å². The van der Waals surface area contributed by atoms with Crippen LogP contribution in [-0.4, -0.2) is 75.5 Å². The van der Waals surface area contributed by atoms with Crippen LogP contribution in [0.1, 0.15) is 51.9 Å². The number of hydrogen-bond donors (Lipinski definition) is 1. The second-order valence-electron chi connectivity index (χ2n) is 6.88. The van der Waals surface area contributed by atoms with Gasteiger partial charge in [0.2, 0.25) is 0 Å². The van der Waals surface area contributed by atoms with Crippen LogP contribution in [0.5, 0.6) is 0 Å². The highest BCUT2D eigenvalue weighted by molar-refractivity contribution is 5.80. The monoisotopic (exact) mass is 369 g/mol. The summed E-state index contributed by atoms with van der Waals surface area (Å²) in [5, 5.41) is 3.41. The summed E-state index contributed by atoms with van der Waals surface area (Å²) in [5.74, 6) is 0.860. The van der Waals surface area contributed by atoms with E-state index in [0.29, 0.717) is 6.42 Å². The molecule has 2 aliphatic rings. The average molecular weight is 370 g/mol. The molecular formula is C19H35N3O4. The first kappa shape index (κ1) is 21.0. The molecule has 2 unspecified atom stereocenters. The number of methoxy groups -OCH3 is 1. The first-order chi connectivity index (χ1) is 12.7. The molecule has 7 heteroatoms. The maximum atomic E-state index is 11.1. The average Bonchev–Trinajstić information content (AvgIpc) is 3.21. The second kappa shape index (κ2) is 12.1. The van der Waals surface area contributed by atoms with Crippen molar-refractivity contribution in [3.63, 3.8) is 0 Å². The molecule has 2 fully saturated rings. The number of unbranched alkanes of at least 4 members (excludes halogenated alkanes) is 3. The van der Waals surface area contributed by atoms with Gasteiger partial charge in [0.25, 0.3) is 0 Å². The first-order valence-corrected chi connectivity index (χ1v) is 10.1. The molecule has 0 spiro atoms.